The van der Waals surface area contributed by atoms with Gasteiger partial charge < -0.3 is 14.6 Å². The number of carboxylic acids is 1. The lowest BCUT2D eigenvalue weighted by molar-refractivity contribution is -0.141. The molecule has 3 aliphatic rings. The Morgan fingerprint density at radius 1 is 1.18 bits per heavy atom. The lowest BCUT2D eigenvalue weighted by atomic mass is 9.86. The Morgan fingerprint density at radius 2 is 1.98 bits per heavy atom. The molecule has 1 saturated heterocycles. The summed E-state index contributed by atoms with van der Waals surface area (Å²) in [4.78, 5) is 50.7. The normalized spacial score (nSPS) is 17.7. The van der Waals surface area contributed by atoms with E-state index in [1.165, 1.54) is 11.3 Å². The minimum atomic E-state index is -0.991. The Balaban J connectivity index is 1.33. The second kappa shape index (κ2) is 13.0. The number of carbonyl (C=O) groups excluding carboxylic acids is 2. The van der Waals surface area contributed by atoms with E-state index in [2.05, 4.69) is 4.98 Å². The molecule has 0 bridgehead atoms. The van der Waals surface area contributed by atoms with Crippen LogP contribution in [0.5, 0.6) is 5.75 Å². The molecule has 4 heterocycles. The van der Waals surface area contributed by atoms with E-state index in [0.717, 1.165) is 42.4 Å². The number of ether oxygens (including phenoxy) is 2. The van der Waals surface area contributed by atoms with E-state index in [1.807, 2.05) is 17.5 Å². The Morgan fingerprint density at radius 3 is 2.70 bits per heavy atom. The molecule has 1 saturated carbocycles. The van der Waals surface area contributed by atoms with Crippen molar-refractivity contribution in [3.63, 3.8) is 0 Å². The number of alkyl halides is 1. The van der Waals surface area contributed by atoms with Crippen molar-refractivity contribution in [1.29, 1.82) is 0 Å². The smallest absolute Gasteiger partial charge is 0.304 e. The molecule has 3 aromatic rings. The van der Waals surface area contributed by atoms with Gasteiger partial charge in [-0.25, -0.2) is 14.4 Å². The van der Waals surface area contributed by atoms with Crippen LogP contribution < -0.4 is 14.5 Å². The summed E-state index contributed by atoms with van der Waals surface area (Å²) in [6.45, 7) is 0.274. The summed E-state index contributed by atoms with van der Waals surface area (Å²) in [5.74, 6) is -0.598. The first-order valence-corrected chi connectivity index (χ1v) is 15.9. The summed E-state index contributed by atoms with van der Waals surface area (Å²) in [6, 6.07) is 7.25. The van der Waals surface area contributed by atoms with Gasteiger partial charge in [0.15, 0.2) is 5.13 Å². The van der Waals surface area contributed by atoms with Crippen molar-refractivity contribution in [2.24, 2.45) is 11.8 Å². The number of carboxylic acid groups (broad SMARTS) is 1. The van der Waals surface area contributed by atoms with Gasteiger partial charge in [-0.1, -0.05) is 0 Å². The van der Waals surface area contributed by atoms with E-state index in [0.29, 0.717) is 60.4 Å². The molecule has 2 amide bonds. The van der Waals surface area contributed by atoms with Crippen LogP contribution in [0.4, 0.5) is 15.3 Å². The highest BCUT2D eigenvalue weighted by atomic mass is 32.1. The van der Waals surface area contributed by atoms with Gasteiger partial charge in [0.05, 0.1) is 12.1 Å². The van der Waals surface area contributed by atoms with E-state index in [4.69, 9.17) is 14.5 Å². The molecule has 0 spiro atoms. The van der Waals surface area contributed by atoms with E-state index >= 15 is 0 Å². The number of aliphatic carboxylic acids is 1. The number of aryl methyl sites for hydroxylation is 1. The zero-order valence-corrected chi connectivity index (χ0v) is 25.4. The SMILES string of the molecule is CN1C(=O)CCc2cc(-c3ccc(OCF)cc3-c3csc(N(C(=O)[C@@H](CC(=O)O)CC4CCOCC4)C4CC4)n3)cnc21. The molecule has 2 fully saturated rings. The summed E-state index contributed by atoms with van der Waals surface area (Å²) in [5.41, 5.74) is 3.85. The van der Waals surface area contributed by atoms with Crippen LogP contribution in [0.25, 0.3) is 22.4 Å². The predicted octanol–water partition coefficient (Wildman–Crippen LogP) is 5.49. The van der Waals surface area contributed by atoms with Crippen molar-refractivity contribution in [1.82, 2.24) is 9.97 Å². The molecule has 0 unspecified atom stereocenters. The summed E-state index contributed by atoms with van der Waals surface area (Å²) in [5, 5.41) is 12.0. The fourth-order valence-electron chi connectivity index (χ4n) is 6.13. The fourth-order valence-corrected chi connectivity index (χ4v) is 7.03. The summed E-state index contributed by atoms with van der Waals surface area (Å²) in [6.07, 6.45) is 6.29. The number of carbonyl (C=O) groups is 3. The van der Waals surface area contributed by atoms with Gasteiger partial charge in [0, 0.05) is 61.3 Å². The third-order valence-corrected chi connectivity index (χ3v) is 9.46. The Labute approximate surface area is 258 Å². The number of fused-ring (bicyclic) bond motifs is 1. The molecule has 2 aliphatic heterocycles. The summed E-state index contributed by atoms with van der Waals surface area (Å²) < 4.78 is 23.8. The second-order valence-corrected chi connectivity index (χ2v) is 12.5. The maximum Gasteiger partial charge on any atom is 0.304 e. The molecule has 1 atom stereocenters. The van der Waals surface area contributed by atoms with E-state index in [-0.39, 0.29) is 30.2 Å². The first kappa shape index (κ1) is 30.1. The number of pyridine rings is 1. The molecule has 6 rings (SSSR count). The molecule has 44 heavy (non-hydrogen) atoms. The molecule has 0 radical (unpaired) electrons. The molecule has 1 aliphatic carbocycles. The summed E-state index contributed by atoms with van der Waals surface area (Å²) in [7, 11) is 1.72. The number of thiazole rings is 1. The molecule has 2 aromatic heterocycles. The second-order valence-electron chi connectivity index (χ2n) is 11.7. The van der Waals surface area contributed by atoms with Gasteiger partial charge in [0.2, 0.25) is 18.7 Å². The van der Waals surface area contributed by atoms with Crippen LogP contribution in [0.15, 0.2) is 35.8 Å². The standard InChI is InChI=1S/C32H35FN4O6S/c1-36-28(38)7-2-20-13-22(16-34-30(20)36)25-6-5-24(43-18-33)15-26(25)27-17-44-32(35-27)37(23-3-4-23)31(41)21(14-29(39)40)12-19-8-10-42-11-9-19/h5-6,13,15-17,19,21,23H,2-4,7-12,14,18H2,1H3,(H,39,40)/t21-/m1/s1. The van der Waals surface area contributed by atoms with Crippen molar-refractivity contribution in [2.75, 3.05) is 36.9 Å². The highest BCUT2D eigenvalue weighted by molar-refractivity contribution is 7.14. The zero-order valence-electron chi connectivity index (χ0n) is 24.5. The van der Waals surface area contributed by atoms with Crippen LogP contribution in [-0.4, -0.2) is 66.0 Å². The first-order chi connectivity index (χ1) is 21.3. The number of hydrogen-bond acceptors (Lipinski definition) is 8. The van der Waals surface area contributed by atoms with Gasteiger partial charge in [-0.3, -0.25) is 24.2 Å². The average molecular weight is 623 g/mol. The van der Waals surface area contributed by atoms with Crippen LogP contribution in [0.1, 0.15) is 50.5 Å². The van der Waals surface area contributed by atoms with Crippen LogP contribution in [-0.2, 0) is 25.5 Å². The van der Waals surface area contributed by atoms with Crippen molar-refractivity contribution in [2.45, 2.75) is 57.4 Å². The molecule has 1 N–H and O–H groups in total. The number of aromatic nitrogens is 2. The molecule has 1 aromatic carbocycles. The molecular formula is C32H35FN4O6S. The number of anilines is 2. The number of hydrogen-bond donors (Lipinski definition) is 1. The molecule has 232 valence electrons. The van der Waals surface area contributed by atoms with E-state index < -0.39 is 18.7 Å². The van der Waals surface area contributed by atoms with Crippen molar-refractivity contribution < 1.29 is 33.4 Å². The number of rotatable bonds is 11. The van der Waals surface area contributed by atoms with E-state index in [1.54, 1.807) is 35.2 Å². The minimum absolute atomic E-state index is 0.0160. The van der Waals surface area contributed by atoms with Crippen molar-refractivity contribution >= 4 is 40.1 Å². The number of benzene rings is 1. The van der Waals surface area contributed by atoms with Gasteiger partial charge >= 0.3 is 5.97 Å². The maximum absolute atomic E-state index is 14.0. The topological polar surface area (TPSA) is 122 Å². The number of halogens is 1. The first-order valence-electron chi connectivity index (χ1n) is 15.0. The number of amides is 2. The van der Waals surface area contributed by atoms with E-state index in [9.17, 15) is 23.9 Å². The van der Waals surface area contributed by atoms with Gasteiger partial charge in [0.1, 0.15) is 11.6 Å². The quantitative estimate of drug-likeness (QED) is 0.298. The highest BCUT2D eigenvalue weighted by Gasteiger charge is 2.40. The molecule has 10 nitrogen and oxygen atoms in total. The Bertz CT molecular complexity index is 1550. The zero-order chi connectivity index (χ0) is 30.8. The van der Waals surface area contributed by atoms with Crippen LogP contribution >= 0.6 is 11.3 Å². The molecule has 12 heteroatoms. The maximum atomic E-state index is 14.0. The third kappa shape index (κ3) is 6.46. The Hall–Kier alpha value is -3.90. The number of nitrogens with zero attached hydrogens (tertiary/aromatic N) is 4. The van der Waals surface area contributed by atoms with Crippen LogP contribution in [0.3, 0.4) is 0 Å². The van der Waals surface area contributed by atoms with Gasteiger partial charge in [-0.15, -0.1) is 11.3 Å². The van der Waals surface area contributed by atoms with Crippen molar-refractivity contribution in [3.8, 4) is 28.1 Å². The predicted molar refractivity (Wildman–Crippen MR) is 164 cm³/mol. The third-order valence-electron chi connectivity index (χ3n) is 8.62. The monoisotopic (exact) mass is 622 g/mol. The average Bonchev–Trinajstić information content (AvgIpc) is 3.74. The van der Waals surface area contributed by atoms with Gasteiger partial charge in [-0.05, 0) is 79.8 Å². The van der Waals surface area contributed by atoms with Crippen LogP contribution in [0.2, 0.25) is 0 Å². The fraction of sp³-hybridized carbons (Fsp3) is 0.469. The Kier molecular flexibility index (Phi) is 8.90. The highest BCUT2D eigenvalue weighted by Crippen LogP contribution is 2.42. The molecular weight excluding hydrogens is 587 g/mol. The lowest BCUT2D eigenvalue weighted by Crippen LogP contribution is -2.40. The van der Waals surface area contributed by atoms with Crippen molar-refractivity contribution in [3.05, 3.63) is 41.4 Å². The lowest BCUT2D eigenvalue weighted by Gasteiger charge is -2.29. The minimum Gasteiger partial charge on any atom is -0.481 e. The largest absolute Gasteiger partial charge is 0.481 e. The van der Waals surface area contributed by atoms with Gasteiger partial charge in [-0.2, -0.15) is 0 Å². The van der Waals surface area contributed by atoms with Gasteiger partial charge in [0.25, 0.3) is 0 Å². The van der Waals surface area contributed by atoms with Crippen LogP contribution in [0, 0.1) is 11.8 Å². The summed E-state index contributed by atoms with van der Waals surface area (Å²) >= 11 is 1.33.